The summed E-state index contributed by atoms with van der Waals surface area (Å²) in [5.74, 6) is 0. The molecule has 3 aromatic rings. The van der Waals surface area contributed by atoms with Gasteiger partial charge >= 0.3 is 0 Å². The Morgan fingerprint density at radius 1 is 0.444 bits per heavy atom. The zero-order valence-electron chi connectivity index (χ0n) is 17.9. The molecule has 0 aromatic heterocycles. The van der Waals surface area contributed by atoms with Gasteiger partial charge in [-0.25, -0.2) is 0 Å². The van der Waals surface area contributed by atoms with E-state index < -0.39 is 0 Å². The lowest BCUT2D eigenvalue weighted by atomic mass is 9.90. The molecule has 0 bridgehead atoms. The second-order valence-corrected chi connectivity index (χ2v) is 7.45. The maximum absolute atomic E-state index is 2.41. The molecule has 0 radical (unpaired) electrons. The van der Waals surface area contributed by atoms with Crippen LogP contribution >= 0.6 is 0 Å². The molecule has 0 fully saturated rings. The molecule has 3 aromatic carbocycles. The van der Waals surface area contributed by atoms with Crippen LogP contribution < -0.4 is 0 Å². The fourth-order valence-electron chi connectivity index (χ4n) is 3.63. The van der Waals surface area contributed by atoms with E-state index in [-0.39, 0.29) is 0 Å². The van der Waals surface area contributed by atoms with Crippen molar-refractivity contribution >= 4 is 0 Å². The van der Waals surface area contributed by atoms with Crippen molar-refractivity contribution in [3.05, 3.63) is 105 Å². The normalized spacial score (nSPS) is 10.3. The minimum Gasteiger partial charge on any atom is -0.0623 e. The average Bonchev–Trinajstić information content (AvgIpc) is 2.67. The van der Waals surface area contributed by atoms with Crippen molar-refractivity contribution in [2.45, 2.75) is 60.8 Å². The van der Waals surface area contributed by atoms with Gasteiger partial charge in [0.1, 0.15) is 0 Å². The molecule has 0 heterocycles. The Hall–Kier alpha value is -2.34. The van der Waals surface area contributed by atoms with Gasteiger partial charge in [-0.05, 0) is 91.5 Å². The minimum atomic E-state index is 1.05. The lowest BCUT2D eigenvalue weighted by Crippen LogP contribution is -2.00. The third-order valence-corrected chi connectivity index (χ3v) is 5.40. The summed E-state index contributed by atoms with van der Waals surface area (Å²) in [6.07, 6.45) is 3.29. The average molecular weight is 359 g/mol. The summed E-state index contributed by atoms with van der Waals surface area (Å²) < 4.78 is 0. The molecular weight excluding hydrogens is 324 g/mol. The smallest absolute Gasteiger partial charge is 0.00203 e. The van der Waals surface area contributed by atoms with Crippen LogP contribution in [0.5, 0.6) is 0 Å². The zero-order chi connectivity index (χ0) is 19.8. The van der Waals surface area contributed by atoms with E-state index in [1.165, 1.54) is 44.5 Å². The van der Waals surface area contributed by atoms with Crippen LogP contribution in [-0.2, 0) is 19.3 Å². The van der Waals surface area contributed by atoms with Crippen LogP contribution in [0.1, 0.15) is 58.4 Å². The van der Waals surface area contributed by atoms with Crippen LogP contribution in [0.4, 0.5) is 0 Å². The lowest BCUT2D eigenvalue weighted by molar-refractivity contribution is 1.04. The number of benzene rings is 3. The van der Waals surface area contributed by atoms with E-state index in [1.807, 2.05) is 36.4 Å². The minimum absolute atomic E-state index is 1.05. The Labute approximate surface area is 166 Å². The van der Waals surface area contributed by atoms with Gasteiger partial charge in [-0.15, -0.1) is 0 Å². The molecule has 0 heteroatoms. The summed E-state index contributed by atoms with van der Waals surface area (Å²) in [4.78, 5) is 0. The highest BCUT2D eigenvalue weighted by atomic mass is 14.1. The van der Waals surface area contributed by atoms with E-state index in [1.54, 1.807) is 0 Å². The Bertz CT molecular complexity index is 773. The molecule has 0 unspecified atom stereocenters. The fraction of sp³-hybridized carbons (Fsp3) is 0.333. The van der Waals surface area contributed by atoms with Crippen molar-refractivity contribution in [1.29, 1.82) is 0 Å². The molecule has 0 atom stereocenters. The summed E-state index contributed by atoms with van der Waals surface area (Å²) in [5, 5.41) is 0. The summed E-state index contributed by atoms with van der Waals surface area (Å²) in [6.45, 7) is 13.4. The molecular formula is C27H34. The van der Waals surface area contributed by atoms with Crippen LogP contribution in [0, 0.1) is 27.7 Å². The van der Waals surface area contributed by atoms with Gasteiger partial charge in [0.15, 0.2) is 0 Å². The van der Waals surface area contributed by atoms with E-state index in [4.69, 9.17) is 0 Å². The summed E-state index contributed by atoms with van der Waals surface area (Å²) in [5.41, 5.74) is 11.6. The van der Waals surface area contributed by atoms with Crippen LogP contribution in [-0.4, -0.2) is 0 Å². The van der Waals surface area contributed by atoms with E-state index in [0.29, 0.717) is 0 Å². The largest absolute Gasteiger partial charge is 0.0623 e. The van der Waals surface area contributed by atoms with Crippen LogP contribution in [0.3, 0.4) is 0 Å². The first kappa shape index (κ1) is 21.0. The standard InChI is InChI=1S/C21H28.C6H6/c1-7-18-11-20(16(5)9-14(18)3)13-21-12-19(8-2)15(4)10-17(21)6;1-2-4-6-5-3-1/h9-12H,7-8,13H2,1-6H3;1-6H. The summed E-state index contributed by atoms with van der Waals surface area (Å²) in [7, 11) is 0. The van der Waals surface area contributed by atoms with Gasteiger partial charge in [0.25, 0.3) is 0 Å². The number of aryl methyl sites for hydroxylation is 6. The van der Waals surface area contributed by atoms with Crippen molar-refractivity contribution in [3.8, 4) is 0 Å². The van der Waals surface area contributed by atoms with Crippen LogP contribution in [0.2, 0.25) is 0 Å². The molecule has 0 spiro atoms. The predicted molar refractivity (Wildman–Crippen MR) is 120 cm³/mol. The maximum Gasteiger partial charge on any atom is -0.00203 e. The fourth-order valence-corrected chi connectivity index (χ4v) is 3.63. The number of rotatable bonds is 4. The molecule has 0 amide bonds. The molecule has 0 saturated heterocycles. The van der Waals surface area contributed by atoms with Crippen molar-refractivity contribution in [3.63, 3.8) is 0 Å². The lowest BCUT2D eigenvalue weighted by Gasteiger charge is -2.15. The second kappa shape index (κ2) is 10.1. The molecule has 0 aliphatic heterocycles. The monoisotopic (exact) mass is 358 g/mol. The molecule has 0 aliphatic carbocycles. The third kappa shape index (κ3) is 5.82. The van der Waals surface area contributed by atoms with Crippen LogP contribution in [0.15, 0.2) is 60.7 Å². The molecule has 142 valence electrons. The quantitative estimate of drug-likeness (QED) is 0.458. The zero-order valence-corrected chi connectivity index (χ0v) is 17.9. The Kier molecular flexibility index (Phi) is 7.85. The van der Waals surface area contributed by atoms with Gasteiger partial charge < -0.3 is 0 Å². The Morgan fingerprint density at radius 2 is 0.741 bits per heavy atom. The summed E-state index contributed by atoms with van der Waals surface area (Å²) >= 11 is 0. The van der Waals surface area contributed by atoms with E-state index >= 15 is 0 Å². The van der Waals surface area contributed by atoms with E-state index in [2.05, 4.69) is 65.8 Å². The Balaban J connectivity index is 0.000000369. The van der Waals surface area contributed by atoms with Crippen LogP contribution in [0.25, 0.3) is 0 Å². The van der Waals surface area contributed by atoms with Gasteiger partial charge in [0.05, 0.1) is 0 Å². The van der Waals surface area contributed by atoms with E-state index in [0.717, 1.165) is 19.3 Å². The molecule has 27 heavy (non-hydrogen) atoms. The second-order valence-electron chi connectivity index (χ2n) is 7.45. The van der Waals surface area contributed by atoms with Crippen molar-refractivity contribution in [2.24, 2.45) is 0 Å². The maximum atomic E-state index is 2.41. The number of hydrogen-bond donors (Lipinski definition) is 0. The first-order chi connectivity index (χ1) is 13.0. The molecule has 0 nitrogen and oxygen atoms in total. The van der Waals surface area contributed by atoms with Gasteiger partial charge in [-0.3, -0.25) is 0 Å². The van der Waals surface area contributed by atoms with Crippen molar-refractivity contribution in [2.75, 3.05) is 0 Å². The highest BCUT2D eigenvalue weighted by molar-refractivity contribution is 5.44. The third-order valence-electron chi connectivity index (χ3n) is 5.40. The van der Waals surface area contributed by atoms with Gasteiger partial charge in [0, 0.05) is 0 Å². The van der Waals surface area contributed by atoms with Crippen molar-refractivity contribution < 1.29 is 0 Å². The molecule has 3 rings (SSSR count). The topological polar surface area (TPSA) is 0 Å². The van der Waals surface area contributed by atoms with Crippen molar-refractivity contribution in [1.82, 2.24) is 0 Å². The predicted octanol–water partition coefficient (Wildman–Crippen LogP) is 7.32. The van der Waals surface area contributed by atoms with Gasteiger partial charge in [0.2, 0.25) is 0 Å². The Morgan fingerprint density at radius 3 is 1.04 bits per heavy atom. The van der Waals surface area contributed by atoms with E-state index in [9.17, 15) is 0 Å². The highest BCUT2D eigenvalue weighted by Gasteiger charge is 2.08. The van der Waals surface area contributed by atoms with Gasteiger partial charge in [-0.1, -0.05) is 74.5 Å². The first-order valence-corrected chi connectivity index (χ1v) is 10.1. The number of hydrogen-bond acceptors (Lipinski definition) is 0. The van der Waals surface area contributed by atoms with Gasteiger partial charge in [-0.2, -0.15) is 0 Å². The SMILES string of the molecule is CCc1cc(Cc2cc(CC)c(C)cc2C)c(C)cc1C.c1ccccc1. The molecule has 0 N–H and O–H groups in total. The first-order valence-electron chi connectivity index (χ1n) is 10.1. The highest BCUT2D eigenvalue weighted by Crippen LogP contribution is 2.23. The summed E-state index contributed by atoms with van der Waals surface area (Å²) in [6, 6.07) is 21.5. The molecule has 0 saturated carbocycles. The molecule has 0 aliphatic rings.